The average molecular weight is 396 g/mol. The van der Waals surface area contributed by atoms with Gasteiger partial charge >= 0.3 is 6.03 Å². The van der Waals surface area contributed by atoms with Gasteiger partial charge in [-0.05, 0) is 54.6 Å². The summed E-state index contributed by atoms with van der Waals surface area (Å²) in [4.78, 5) is 23.0. The Balaban J connectivity index is 2.61. The Hall–Kier alpha value is -1.02. The van der Waals surface area contributed by atoms with Gasteiger partial charge in [0.1, 0.15) is 6.04 Å². The lowest BCUT2D eigenvalue weighted by molar-refractivity contribution is -0.120. The van der Waals surface area contributed by atoms with Gasteiger partial charge in [0.05, 0.1) is 0 Å². The third kappa shape index (κ3) is 5.23. The zero-order chi connectivity index (χ0) is 14.4. The predicted molar refractivity (Wildman–Crippen MR) is 84.5 cm³/mol. The summed E-state index contributed by atoms with van der Waals surface area (Å²) in [5.41, 5.74) is 0.795. The summed E-state index contributed by atoms with van der Waals surface area (Å²) in [5.74, 6) is -0.392. The molecule has 0 bridgehead atoms. The first-order valence-electron chi connectivity index (χ1n) is 5.74. The Kier molecular flexibility index (Phi) is 6.36. The van der Waals surface area contributed by atoms with Crippen molar-refractivity contribution in [3.8, 4) is 0 Å². The molecule has 19 heavy (non-hydrogen) atoms. The second-order valence-electron chi connectivity index (χ2n) is 3.84. The van der Waals surface area contributed by atoms with Crippen LogP contribution >= 0.6 is 34.2 Å². The van der Waals surface area contributed by atoms with Crippen LogP contribution in [0.25, 0.3) is 0 Å². The van der Waals surface area contributed by atoms with E-state index in [1.54, 1.807) is 32.0 Å². The van der Waals surface area contributed by atoms with Crippen LogP contribution in [0.15, 0.2) is 18.2 Å². The van der Waals surface area contributed by atoms with Gasteiger partial charge in [0, 0.05) is 20.8 Å². The third-order valence-electron chi connectivity index (χ3n) is 2.27. The molecule has 1 atom stereocenters. The molecule has 1 aromatic carbocycles. The van der Waals surface area contributed by atoms with Crippen LogP contribution in [0, 0.1) is 3.57 Å². The molecule has 1 unspecified atom stereocenters. The average Bonchev–Trinajstić information content (AvgIpc) is 2.32. The number of benzene rings is 1. The molecule has 0 spiro atoms. The van der Waals surface area contributed by atoms with Gasteiger partial charge in [-0.3, -0.25) is 10.1 Å². The first-order chi connectivity index (χ1) is 8.93. The monoisotopic (exact) mass is 395 g/mol. The summed E-state index contributed by atoms with van der Waals surface area (Å²) in [6.07, 6.45) is 0. The normalized spacial score (nSPS) is 11.6. The minimum absolute atomic E-state index is 0.392. The number of amides is 3. The van der Waals surface area contributed by atoms with Crippen LogP contribution in [0.4, 0.5) is 10.5 Å². The molecular weight excluding hydrogens is 381 g/mol. The van der Waals surface area contributed by atoms with E-state index in [2.05, 4.69) is 38.5 Å². The highest BCUT2D eigenvalue weighted by Crippen LogP contribution is 2.22. The Bertz CT molecular complexity index is 482. The van der Waals surface area contributed by atoms with Gasteiger partial charge in [-0.2, -0.15) is 0 Å². The van der Waals surface area contributed by atoms with E-state index in [9.17, 15) is 9.59 Å². The number of hydrogen-bond donors (Lipinski definition) is 3. The van der Waals surface area contributed by atoms with E-state index in [1.165, 1.54) is 0 Å². The van der Waals surface area contributed by atoms with Crippen LogP contribution < -0.4 is 16.0 Å². The highest BCUT2D eigenvalue weighted by molar-refractivity contribution is 14.1. The fourth-order valence-corrected chi connectivity index (χ4v) is 2.36. The number of nitrogens with one attached hydrogen (secondary N) is 3. The number of carbonyl (C=O) groups excluding carboxylic acids is 2. The zero-order valence-corrected chi connectivity index (χ0v) is 13.5. The third-order valence-corrected chi connectivity index (χ3v) is 3.40. The van der Waals surface area contributed by atoms with Crippen molar-refractivity contribution in [2.45, 2.75) is 19.9 Å². The first kappa shape index (κ1) is 16.0. The van der Waals surface area contributed by atoms with Crippen LogP contribution in [0.5, 0.6) is 0 Å². The largest absolute Gasteiger partial charge is 0.373 e. The number of urea groups is 1. The molecule has 104 valence electrons. The van der Waals surface area contributed by atoms with Crippen molar-refractivity contribution >= 4 is 51.8 Å². The Morgan fingerprint density at radius 2 is 2.11 bits per heavy atom. The second kappa shape index (κ2) is 7.54. The van der Waals surface area contributed by atoms with Crippen LogP contribution in [0.1, 0.15) is 13.8 Å². The SMILES string of the molecule is CCNC(=O)NC(=O)C(C)Nc1ccc(Cl)cc1I. The molecule has 3 amide bonds. The number of carbonyl (C=O) groups is 2. The first-order valence-corrected chi connectivity index (χ1v) is 7.20. The van der Waals surface area contributed by atoms with Crippen LogP contribution in [0.2, 0.25) is 5.02 Å². The molecule has 1 aromatic rings. The van der Waals surface area contributed by atoms with Gasteiger partial charge in [0.2, 0.25) is 5.91 Å². The lowest BCUT2D eigenvalue weighted by atomic mass is 10.2. The van der Waals surface area contributed by atoms with Crippen molar-refractivity contribution in [1.82, 2.24) is 10.6 Å². The van der Waals surface area contributed by atoms with Crippen molar-refractivity contribution in [2.75, 3.05) is 11.9 Å². The molecule has 0 aliphatic rings. The second-order valence-corrected chi connectivity index (χ2v) is 5.44. The van der Waals surface area contributed by atoms with E-state index in [0.29, 0.717) is 11.6 Å². The summed E-state index contributed by atoms with van der Waals surface area (Å²) in [6.45, 7) is 3.93. The summed E-state index contributed by atoms with van der Waals surface area (Å²) in [5, 5.41) is 8.41. The molecule has 0 aromatic heterocycles. The van der Waals surface area contributed by atoms with Crippen molar-refractivity contribution in [2.24, 2.45) is 0 Å². The Morgan fingerprint density at radius 3 is 2.68 bits per heavy atom. The zero-order valence-electron chi connectivity index (χ0n) is 10.6. The maximum Gasteiger partial charge on any atom is 0.321 e. The number of halogens is 2. The van der Waals surface area contributed by atoms with E-state index in [0.717, 1.165) is 9.26 Å². The molecule has 0 aliphatic carbocycles. The van der Waals surface area contributed by atoms with E-state index < -0.39 is 18.0 Å². The highest BCUT2D eigenvalue weighted by Gasteiger charge is 2.16. The summed E-state index contributed by atoms with van der Waals surface area (Å²) in [7, 11) is 0. The Labute approximate surface area is 130 Å². The molecule has 0 aliphatic heterocycles. The number of rotatable bonds is 4. The summed E-state index contributed by atoms with van der Waals surface area (Å²) >= 11 is 7.98. The standard InChI is InChI=1S/C12H15ClIN3O2/c1-3-15-12(19)17-11(18)7(2)16-10-5-4-8(13)6-9(10)14/h4-7,16H,3H2,1-2H3,(H2,15,17,18,19). The van der Waals surface area contributed by atoms with Crippen molar-refractivity contribution < 1.29 is 9.59 Å². The van der Waals surface area contributed by atoms with Gasteiger partial charge in [0.25, 0.3) is 0 Å². The molecule has 0 saturated carbocycles. The van der Waals surface area contributed by atoms with Crippen LogP contribution in [0.3, 0.4) is 0 Å². The Morgan fingerprint density at radius 1 is 1.42 bits per heavy atom. The fraction of sp³-hybridized carbons (Fsp3) is 0.333. The quantitative estimate of drug-likeness (QED) is 0.686. The van der Waals surface area contributed by atoms with E-state index in [-0.39, 0.29) is 0 Å². The molecule has 0 heterocycles. The van der Waals surface area contributed by atoms with Gasteiger partial charge in [-0.1, -0.05) is 11.6 Å². The molecule has 0 saturated heterocycles. The van der Waals surface area contributed by atoms with E-state index in [4.69, 9.17) is 11.6 Å². The minimum Gasteiger partial charge on any atom is -0.373 e. The lowest BCUT2D eigenvalue weighted by Crippen LogP contribution is -2.45. The van der Waals surface area contributed by atoms with Gasteiger partial charge < -0.3 is 10.6 Å². The smallest absolute Gasteiger partial charge is 0.321 e. The molecule has 0 fully saturated rings. The molecule has 7 heteroatoms. The summed E-state index contributed by atoms with van der Waals surface area (Å²) in [6, 6.07) is 4.29. The number of imide groups is 1. The predicted octanol–water partition coefficient (Wildman–Crippen LogP) is 2.59. The maximum atomic E-state index is 11.7. The maximum absolute atomic E-state index is 11.7. The molecule has 1 rings (SSSR count). The van der Waals surface area contributed by atoms with Crippen molar-refractivity contribution in [1.29, 1.82) is 0 Å². The van der Waals surface area contributed by atoms with Crippen molar-refractivity contribution in [3.05, 3.63) is 26.8 Å². The number of anilines is 1. The lowest BCUT2D eigenvalue weighted by Gasteiger charge is -2.16. The van der Waals surface area contributed by atoms with E-state index >= 15 is 0 Å². The molecular formula is C12H15ClIN3O2. The van der Waals surface area contributed by atoms with E-state index in [1.807, 2.05) is 0 Å². The summed E-state index contributed by atoms with van der Waals surface area (Å²) < 4.78 is 0.905. The van der Waals surface area contributed by atoms with Gasteiger partial charge in [-0.25, -0.2) is 4.79 Å². The number of hydrogen-bond acceptors (Lipinski definition) is 3. The molecule has 3 N–H and O–H groups in total. The van der Waals surface area contributed by atoms with Gasteiger partial charge in [0.15, 0.2) is 0 Å². The topological polar surface area (TPSA) is 70.2 Å². The van der Waals surface area contributed by atoms with Crippen LogP contribution in [-0.2, 0) is 4.79 Å². The minimum atomic E-state index is -0.530. The highest BCUT2D eigenvalue weighted by atomic mass is 127. The molecule has 0 radical (unpaired) electrons. The van der Waals surface area contributed by atoms with Crippen molar-refractivity contribution in [3.63, 3.8) is 0 Å². The van der Waals surface area contributed by atoms with Crippen LogP contribution in [-0.4, -0.2) is 24.5 Å². The van der Waals surface area contributed by atoms with Gasteiger partial charge in [-0.15, -0.1) is 0 Å². The fourth-order valence-electron chi connectivity index (χ4n) is 1.33. The molecule has 5 nitrogen and oxygen atoms in total.